The minimum Gasteiger partial charge on any atom is -0.359 e. The van der Waals surface area contributed by atoms with Gasteiger partial charge in [-0.3, -0.25) is 10.1 Å². The lowest BCUT2D eigenvalue weighted by Gasteiger charge is -2.18. The van der Waals surface area contributed by atoms with E-state index in [-0.39, 0.29) is 11.7 Å². The molecule has 16 heavy (non-hydrogen) atoms. The number of hydrogen-bond donors (Lipinski definition) is 0. The van der Waals surface area contributed by atoms with E-state index in [1.807, 2.05) is 18.2 Å². The van der Waals surface area contributed by atoms with Crippen LogP contribution < -0.4 is 0 Å². The molecule has 1 rings (SSSR count). The average Bonchev–Trinajstić information content (AvgIpc) is 2.30. The molecule has 0 aliphatic heterocycles. The van der Waals surface area contributed by atoms with Crippen LogP contribution in [0.4, 0.5) is 0 Å². The van der Waals surface area contributed by atoms with E-state index in [0.717, 1.165) is 5.56 Å². The predicted molar refractivity (Wildman–Crippen MR) is 58.6 cm³/mol. The first-order valence-corrected chi connectivity index (χ1v) is 4.95. The molecule has 88 valence electrons. The monoisotopic (exact) mass is 225 g/mol. The van der Waals surface area contributed by atoms with Crippen LogP contribution >= 0.6 is 0 Å². The van der Waals surface area contributed by atoms with Gasteiger partial charge in [0.1, 0.15) is 6.79 Å². The molecule has 0 aliphatic rings. The minimum absolute atomic E-state index is 0.0394. The summed E-state index contributed by atoms with van der Waals surface area (Å²) in [6, 6.07) is 8.31. The van der Waals surface area contributed by atoms with Crippen molar-refractivity contribution in [3.8, 4) is 0 Å². The van der Waals surface area contributed by atoms with Gasteiger partial charge in [-0.1, -0.05) is 30.3 Å². The molecule has 1 unspecified atom stereocenters. The Morgan fingerprint density at radius 3 is 2.50 bits per heavy atom. The summed E-state index contributed by atoms with van der Waals surface area (Å²) in [5.74, 6) is 0. The summed E-state index contributed by atoms with van der Waals surface area (Å²) in [4.78, 5) is 10.4. The van der Waals surface area contributed by atoms with Gasteiger partial charge < -0.3 is 9.47 Å². The van der Waals surface area contributed by atoms with E-state index in [2.05, 4.69) is 0 Å². The van der Waals surface area contributed by atoms with Gasteiger partial charge in [0, 0.05) is 19.0 Å². The molecule has 0 fully saturated rings. The van der Waals surface area contributed by atoms with Crippen molar-refractivity contribution >= 4 is 0 Å². The molecule has 5 nitrogen and oxygen atoms in total. The Balaban J connectivity index is 2.83. The molecule has 0 N–H and O–H groups in total. The van der Waals surface area contributed by atoms with Crippen LogP contribution in [0.3, 0.4) is 0 Å². The van der Waals surface area contributed by atoms with E-state index in [1.54, 1.807) is 12.1 Å². The maximum Gasteiger partial charge on any atom is 0.240 e. The number of methoxy groups -OCH3 is 1. The smallest absolute Gasteiger partial charge is 0.240 e. The fraction of sp³-hybridized carbons (Fsp3) is 0.455. The lowest BCUT2D eigenvalue weighted by molar-refractivity contribution is -0.533. The Labute approximate surface area is 94.1 Å². The number of hydrogen-bond acceptors (Lipinski definition) is 4. The van der Waals surface area contributed by atoms with Crippen LogP contribution in [0.5, 0.6) is 0 Å². The average molecular weight is 225 g/mol. The summed E-state index contributed by atoms with van der Waals surface area (Å²) in [7, 11) is 1.48. The molecule has 0 saturated heterocycles. The van der Waals surface area contributed by atoms with Crippen LogP contribution in [0.25, 0.3) is 0 Å². The third kappa shape index (κ3) is 3.29. The van der Waals surface area contributed by atoms with Crippen LogP contribution in [-0.2, 0) is 9.47 Å². The van der Waals surface area contributed by atoms with E-state index < -0.39 is 12.1 Å². The molecule has 0 amide bonds. The first-order valence-electron chi connectivity index (χ1n) is 4.95. The van der Waals surface area contributed by atoms with Gasteiger partial charge in [-0.15, -0.1) is 0 Å². The zero-order valence-electron chi connectivity index (χ0n) is 9.33. The molecule has 0 spiro atoms. The number of nitro groups is 1. The van der Waals surface area contributed by atoms with Crippen LogP contribution in [0, 0.1) is 10.1 Å². The highest BCUT2D eigenvalue weighted by atomic mass is 16.7. The fourth-order valence-corrected chi connectivity index (χ4v) is 1.41. The van der Waals surface area contributed by atoms with Crippen molar-refractivity contribution in [2.45, 2.75) is 19.1 Å². The third-order valence-corrected chi connectivity index (χ3v) is 2.26. The van der Waals surface area contributed by atoms with Gasteiger partial charge in [-0.05, 0) is 5.56 Å². The molecular weight excluding hydrogens is 210 g/mol. The van der Waals surface area contributed by atoms with Gasteiger partial charge in [-0.2, -0.15) is 0 Å². The molecule has 0 heterocycles. The quantitative estimate of drug-likeness (QED) is 0.422. The van der Waals surface area contributed by atoms with E-state index in [9.17, 15) is 10.1 Å². The van der Waals surface area contributed by atoms with Crippen LogP contribution in [0.2, 0.25) is 0 Å². The molecule has 0 bridgehead atoms. The molecule has 0 aliphatic carbocycles. The topological polar surface area (TPSA) is 61.6 Å². The summed E-state index contributed by atoms with van der Waals surface area (Å²) in [5, 5.41) is 10.8. The van der Waals surface area contributed by atoms with Crippen molar-refractivity contribution in [1.29, 1.82) is 0 Å². The van der Waals surface area contributed by atoms with Gasteiger partial charge in [0.2, 0.25) is 6.04 Å². The Bertz CT molecular complexity index is 328. The molecule has 0 saturated carbocycles. The minimum atomic E-state index is -0.808. The molecule has 5 heteroatoms. The van der Waals surface area contributed by atoms with Gasteiger partial charge in [0.15, 0.2) is 6.10 Å². The van der Waals surface area contributed by atoms with E-state index in [4.69, 9.17) is 9.47 Å². The zero-order chi connectivity index (χ0) is 12.0. The number of rotatable bonds is 6. The van der Waals surface area contributed by atoms with Gasteiger partial charge in [0.25, 0.3) is 0 Å². The van der Waals surface area contributed by atoms with Gasteiger partial charge >= 0.3 is 0 Å². The molecule has 0 radical (unpaired) electrons. The van der Waals surface area contributed by atoms with Crippen molar-refractivity contribution in [2.75, 3.05) is 13.9 Å². The predicted octanol–water partition coefficient (Wildman–Crippen LogP) is 2.01. The normalized spacial score (nSPS) is 14.4. The molecule has 1 aromatic rings. The van der Waals surface area contributed by atoms with Crippen molar-refractivity contribution in [2.24, 2.45) is 0 Å². The molecule has 0 aromatic heterocycles. The third-order valence-electron chi connectivity index (χ3n) is 2.26. The molecule has 2 atom stereocenters. The van der Waals surface area contributed by atoms with Crippen LogP contribution in [-0.4, -0.2) is 24.9 Å². The first kappa shape index (κ1) is 12.6. The number of ether oxygens (including phenoxy) is 2. The van der Waals surface area contributed by atoms with Crippen molar-refractivity contribution in [3.05, 3.63) is 46.0 Å². The summed E-state index contributed by atoms with van der Waals surface area (Å²) in [6.07, 6.45) is -0.587. The number of benzene rings is 1. The Kier molecular flexibility index (Phi) is 4.88. The summed E-state index contributed by atoms with van der Waals surface area (Å²) < 4.78 is 10.1. The lowest BCUT2D eigenvalue weighted by Crippen LogP contribution is -2.27. The summed E-state index contributed by atoms with van der Waals surface area (Å²) in [6.45, 7) is 1.56. The first-order chi connectivity index (χ1) is 7.66. The maximum atomic E-state index is 10.8. The molecule has 1 aromatic carbocycles. The molecular formula is C11H15NO4. The second-order valence-electron chi connectivity index (χ2n) is 3.43. The highest BCUT2D eigenvalue weighted by Gasteiger charge is 2.28. The van der Waals surface area contributed by atoms with E-state index in [1.165, 1.54) is 14.0 Å². The second-order valence-corrected chi connectivity index (χ2v) is 3.43. The van der Waals surface area contributed by atoms with Crippen molar-refractivity contribution < 1.29 is 14.4 Å². The van der Waals surface area contributed by atoms with Crippen molar-refractivity contribution in [1.82, 2.24) is 0 Å². The van der Waals surface area contributed by atoms with E-state index >= 15 is 0 Å². The van der Waals surface area contributed by atoms with Gasteiger partial charge in [0.05, 0.1) is 0 Å². The number of nitrogens with zero attached hydrogens (tertiary/aromatic N) is 1. The highest BCUT2D eigenvalue weighted by molar-refractivity contribution is 5.18. The Morgan fingerprint density at radius 1 is 1.38 bits per heavy atom. The second kappa shape index (κ2) is 6.19. The standard InChI is InChI=1S/C11H15NO4/c1-9(12(13)14)11(16-8-15-2)10-6-4-3-5-7-10/h3-7,9,11H,8H2,1-2H3/t9?,11-/m0/s1. The van der Waals surface area contributed by atoms with Gasteiger partial charge in [-0.25, -0.2) is 0 Å². The maximum absolute atomic E-state index is 10.8. The fourth-order valence-electron chi connectivity index (χ4n) is 1.41. The largest absolute Gasteiger partial charge is 0.359 e. The van der Waals surface area contributed by atoms with Crippen LogP contribution in [0.15, 0.2) is 30.3 Å². The SMILES string of the molecule is COCO[C@H](c1ccccc1)C(C)[N+](=O)[O-]. The zero-order valence-corrected chi connectivity index (χ0v) is 9.33. The summed E-state index contributed by atoms with van der Waals surface area (Å²) in [5.41, 5.74) is 0.781. The summed E-state index contributed by atoms with van der Waals surface area (Å²) >= 11 is 0. The van der Waals surface area contributed by atoms with E-state index in [0.29, 0.717) is 0 Å². The Morgan fingerprint density at radius 2 is 2.00 bits per heavy atom. The van der Waals surface area contributed by atoms with Crippen molar-refractivity contribution in [3.63, 3.8) is 0 Å². The highest BCUT2D eigenvalue weighted by Crippen LogP contribution is 2.22. The Hall–Kier alpha value is -1.46. The lowest BCUT2D eigenvalue weighted by atomic mass is 10.0. The van der Waals surface area contributed by atoms with Crippen LogP contribution in [0.1, 0.15) is 18.6 Å².